The molecule has 24 heavy (non-hydrogen) atoms. The number of carbonyl (C=O) groups is 1. The van der Waals surface area contributed by atoms with E-state index in [0.717, 1.165) is 42.2 Å². The van der Waals surface area contributed by atoms with Crippen LogP contribution in [0.3, 0.4) is 0 Å². The van der Waals surface area contributed by atoms with E-state index in [-0.39, 0.29) is 11.8 Å². The number of anilines is 1. The van der Waals surface area contributed by atoms with Crippen LogP contribution in [0.15, 0.2) is 35.0 Å². The first-order chi connectivity index (χ1) is 11.7. The summed E-state index contributed by atoms with van der Waals surface area (Å²) in [5, 5.41) is 14.2. The minimum absolute atomic E-state index is 0.0120. The van der Waals surface area contributed by atoms with Crippen LogP contribution in [0, 0.1) is 5.92 Å². The average molecular weight is 343 g/mol. The SMILES string of the molecule is Cn1ccsc1=NC(=O)C1CCN(c2ccc3nncn3n2)CC1. The number of amides is 1. The van der Waals surface area contributed by atoms with Crippen molar-refractivity contribution in [3.8, 4) is 0 Å². The van der Waals surface area contributed by atoms with Crippen LogP contribution in [0.1, 0.15) is 12.8 Å². The Balaban J connectivity index is 1.44. The van der Waals surface area contributed by atoms with Crippen LogP contribution in [-0.4, -0.2) is 43.4 Å². The van der Waals surface area contributed by atoms with Gasteiger partial charge in [-0.3, -0.25) is 4.79 Å². The largest absolute Gasteiger partial charge is 0.355 e. The molecule has 9 heteroatoms. The fourth-order valence-electron chi connectivity index (χ4n) is 2.86. The van der Waals surface area contributed by atoms with E-state index in [0.29, 0.717) is 0 Å². The number of piperidine rings is 1. The van der Waals surface area contributed by atoms with Crippen molar-refractivity contribution >= 4 is 28.7 Å². The van der Waals surface area contributed by atoms with Crippen molar-refractivity contribution in [1.29, 1.82) is 0 Å². The van der Waals surface area contributed by atoms with Crippen molar-refractivity contribution in [2.45, 2.75) is 12.8 Å². The van der Waals surface area contributed by atoms with Gasteiger partial charge in [0.05, 0.1) is 0 Å². The van der Waals surface area contributed by atoms with E-state index in [1.165, 1.54) is 11.3 Å². The van der Waals surface area contributed by atoms with Gasteiger partial charge in [-0.05, 0) is 25.0 Å². The molecule has 0 aromatic carbocycles. The van der Waals surface area contributed by atoms with Crippen LogP contribution in [0.2, 0.25) is 0 Å². The second-order valence-corrected chi connectivity index (χ2v) is 6.71. The molecule has 1 fully saturated rings. The van der Waals surface area contributed by atoms with E-state index in [1.807, 2.05) is 35.3 Å². The van der Waals surface area contributed by atoms with E-state index in [2.05, 4.69) is 25.2 Å². The van der Waals surface area contributed by atoms with Crippen LogP contribution in [0.25, 0.3) is 5.65 Å². The predicted octanol–water partition coefficient (Wildman–Crippen LogP) is 0.868. The number of hydrogen-bond acceptors (Lipinski definition) is 6. The van der Waals surface area contributed by atoms with Crippen LogP contribution in [0.4, 0.5) is 5.82 Å². The van der Waals surface area contributed by atoms with E-state index < -0.39 is 0 Å². The molecule has 1 saturated heterocycles. The summed E-state index contributed by atoms with van der Waals surface area (Å²) in [5.74, 6) is 0.853. The van der Waals surface area contributed by atoms with Gasteiger partial charge in [-0.25, -0.2) is 0 Å². The Morgan fingerprint density at radius 1 is 1.33 bits per heavy atom. The van der Waals surface area contributed by atoms with E-state index in [9.17, 15) is 4.79 Å². The van der Waals surface area contributed by atoms with Crippen molar-refractivity contribution < 1.29 is 4.79 Å². The highest BCUT2D eigenvalue weighted by Gasteiger charge is 2.25. The van der Waals surface area contributed by atoms with Gasteiger partial charge >= 0.3 is 0 Å². The van der Waals surface area contributed by atoms with Crippen molar-refractivity contribution in [3.05, 3.63) is 34.8 Å². The van der Waals surface area contributed by atoms with Crippen LogP contribution < -0.4 is 9.70 Å². The Morgan fingerprint density at radius 2 is 2.17 bits per heavy atom. The summed E-state index contributed by atoms with van der Waals surface area (Å²) >= 11 is 1.48. The number of rotatable bonds is 2. The minimum Gasteiger partial charge on any atom is -0.355 e. The smallest absolute Gasteiger partial charge is 0.251 e. The van der Waals surface area contributed by atoms with Gasteiger partial charge in [-0.2, -0.15) is 9.51 Å². The Hall–Kier alpha value is -2.55. The normalized spacial score (nSPS) is 16.9. The van der Waals surface area contributed by atoms with Crippen molar-refractivity contribution in [2.24, 2.45) is 18.0 Å². The van der Waals surface area contributed by atoms with E-state index >= 15 is 0 Å². The summed E-state index contributed by atoms with van der Waals surface area (Å²) in [6, 6.07) is 3.85. The number of nitrogens with zero attached hydrogens (tertiary/aromatic N) is 7. The molecule has 124 valence electrons. The molecule has 0 spiro atoms. The highest BCUT2D eigenvalue weighted by Crippen LogP contribution is 2.22. The third-order valence-corrected chi connectivity index (χ3v) is 5.13. The van der Waals surface area contributed by atoms with Gasteiger partial charge in [0, 0.05) is 37.6 Å². The lowest BCUT2D eigenvalue weighted by Gasteiger charge is -2.31. The monoisotopic (exact) mass is 343 g/mol. The number of aromatic nitrogens is 5. The number of aryl methyl sites for hydroxylation is 1. The van der Waals surface area contributed by atoms with Crippen LogP contribution in [0.5, 0.6) is 0 Å². The number of carbonyl (C=O) groups excluding carboxylic acids is 1. The Morgan fingerprint density at radius 3 is 2.92 bits per heavy atom. The third kappa shape index (κ3) is 2.82. The molecule has 8 nitrogen and oxygen atoms in total. The quantitative estimate of drug-likeness (QED) is 0.690. The fraction of sp³-hybridized carbons (Fsp3) is 0.400. The van der Waals surface area contributed by atoms with E-state index in [1.54, 1.807) is 10.8 Å². The fourth-order valence-corrected chi connectivity index (χ4v) is 3.60. The maximum absolute atomic E-state index is 12.4. The molecular formula is C15H17N7OS. The van der Waals surface area contributed by atoms with Crippen molar-refractivity contribution in [2.75, 3.05) is 18.0 Å². The Labute approximate surface area is 142 Å². The standard InChI is InChI=1S/C15H17N7OS/c1-20-8-9-24-15(20)17-14(23)11-4-6-21(7-5-11)13-3-2-12-18-16-10-22(12)19-13/h2-3,8-11H,4-7H2,1H3. The molecule has 3 aromatic heterocycles. The first-order valence-corrected chi connectivity index (χ1v) is 8.69. The molecule has 0 radical (unpaired) electrons. The molecule has 4 rings (SSSR count). The zero-order valence-electron chi connectivity index (χ0n) is 13.2. The summed E-state index contributed by atoms with van der Waals surface area (Å²) in [6.07, 6.45) is 5.08. The summed E-state index contributed by atoms with van der Waals surface area (Å²) in [7, 11) is 1.90. The lowest BCUT2D eigenvalue weighted by atomic mass is 9.96. The Bertz CT molecular complexity index is 932. The first kappa shape index (κ1) is 15.0. The highest BCUT2D eigenvalue weighted by molar-refractivity contribution is 7.07. The first-order valence-electron chi connectivity index (χ1n) is 7.81. The summed E-state index contributed by atoms with van der Waals surface area (Å²) < 4.78 is 3.54. The zero-order chi connectivity index (χ0) is 16.5. The lowest BCUT2D eigenvalue weighted by Crippen LogP contribution is -2.37. The van der Waals surface area contributed by atoms with Gasteiger partial charge in [-0.1, -0.05) is 0 Å². The second-order valence-electron chi connectivity index (χ2n) is 5.83. The van der Waals surface area contributed by atoms with Crippen molar-refractivity contribution in [1.82, 2.24) is 24.4 Å². The summed E-state index contributed by atoms with van der Waals surface area (Å²) in [5.41, 5.74) is 0.728. The number of hydrogen-bond donors (Lipinski definition) is 0. The summed E-state index contributed by atoms with van der Waals surface area (Å²) in [6.45, 7) is 1.59. The van der Waals surface area contributed by atoms with Gasteiger partial charge in [0.1, 0.15) is 12.1 Å². The van der Waals surface area contributed by atoms with Crippen molar-refractivity contribution in [3.63, 3.8) is 0 Å². The van der Waals surface area contributed by atoms with Gasteiger partial charge in [-0.15, -0.1) is 26.6 Å². The Kier molecular flexibility index (Phi) is 3.85. The van der Waals surface area contributed by atoms with E-state index in [4.69, 9.17) is 0 Å². The molecule has 4 heterocycles. The van der Waals surface area contributed by atoms with Crippen LogP contribution >= 0.6 is 11.3 Å². The highest BCUT2D eigenvalue weighted by atomic mass is 32.1. The molecule has 1 aliphatic rings. The van der Waals surface area contributed by atoms with Gasteiger partial charge in [0.25, 0.3) is 5.91 Å². The average Bonchev–Trinajstić information content (AvgIpc) is 3.23. The summed E-state index contributed by atoms with van der Waals surface area (Å²) in [4.78, 5) is 19.6. The molecule has 0 bridgehead atoms. The molecule has 3 aromatic rings. The van der Waals surface area contributed by atoms with Crippen LogP contribution in [-0.2, 0) is 11.8 Å². The molecule has 0 N–H and O–H groups in total. The molecule has 0 unspecified atom stereocenters. The molecule has 0 atom stereocenters. The zero-order valence-corrected chi connectivity index (χ0v) is 14.1. The maximum atomic E-state index is 12.4. The molecule has 0 saturated carbocycles. The molecule has 0 aliphatic carbocycles. The minimum atomic E-state index is -0.0186. The molecule has 1 aliphatic heterocycles. The van der Waals surface area contributed by atoms with Gasteiger partial charge < -0.3 is 9.47 Å². The third-order valence-electron chi connectivity index (χ3n) is 4.28. The van der Waals surface area contributed by atoms with Gasteiger partial charge in [0.2, 0.25) is 0 Å². The number of thiazole rings is 1. The number of fused-ring (bicyclic) bond motifs is 1. The lowest BCUT2D eigenvalue weighted by molar-refractivity contribution is -0.122. The second kappa shape index (κ2) is 6.16. The maximum Gasteiger partial charge on any atom is 0.251 e. The molecule has 1 amide bonds. The van der Waals surface area contributed by atoms with Gasteiger partial charge in [0.15, 0.2) is 10.4 Å². The topological polar surface area (TPSA) is 80.7 Å². The predicted molar refractivity (Wildman–Crippen MR) is 89.6 cm³/mol. The molecular weight excluding hydrogens is 326 g/mol.